The van der Waals surface area contributed by atoms with E-state index in [0.717, 1.165) is 25.7 Å². The van der Waals surface area contributed by atoms with Crippen molar-refractivity contribution in [1.82, 2.24) is 5.32 Å². The highest BCUT2D eigenvalue weighted by Crippen LogP contribution is 2.37. The number of amidine groups is 1. The average molecular weight is 384 g/mol. The van der Waals surface area contributed by atoms with Crippen molar-refractivity contribution in [3.05, 3.63) is 22.7 Å². The highest BCUT2D eigenvalue weighted by molar-refractivity contribution is 7.90. The number of sulfonamides is 1. The maximum Gasteiger partial charge on any atom is 0.286 e. The predicted molar refractivity (Wildman–Crippen MR) is 99.1 cm³/mol. The number of benzene rings is 1. The Morgan fingerprint density at radius 3 is 2.84 bits per heavy atom. The molecule has 1 aromatic rings. The zero-order chi connectivity index (χ0) is 18.2. The summed E-state index contributed by atoms with van der Waals surface area (Å²) in [6.45, 7) is 4.55. The van der Waals surface area contributed by atoms with Crippen molar-refractivity contribution >= 4 is 39.1 Å². The van der Waals surface area contributed by atoms with Crippen molar-refractivity contribution in [2.45, 2.75) is 56.9 Å². The first-order valence-electron chi connectivity index (χ1n) is 8.59. The summed E-state index contributed by atoms with van der Waals surface area (Å²) >= 11 is 6.33. The molecular weight excluding hydrogens is 362 g/mol. The van der Waals surface area contributed by atoms with E-state index in [0.29, 0.717) is 24.5 Å². The van der Waals surface area contributed by atoms with Crippen molar-refractivity contribution in [2.24, 2.45) is 4.40 Å². The fourth-order valence-corrected chi connectivity index (χ4v) is 4.58. The molecule has 0 aliphatic carbocycles. The van der Waals surface area contributed by atoms with Gasteiger partial charge >= 0.3 is 0 Å². The number of rotatable bonds is 3. The summed E-state index contributed by atoms with van der Waals surface area (Å²) in [6.07, 6.45) is 4.32. The lowest BCUT2D eigenvalue weighted by Crippen LogP contribution is -2.36. The number of carbonyl (C=O) groups is 1. The SMILES string of the molecule is CC[C@H](C)NC(=O)c1cc2c(cc1Cl)N1CCCCCC1=NS2(=O)=O. The fraction of sp³-hybridized carbons (Fsp3) is 0.529. The summed E-state index contributed by atoms with van der Waals surface area (Å²) in [5.74, 6) is 0.195. The maximum absolute atomic E-state index is 12.6. The zero-order valence-corrected chi connectivity index (χ0v) is 16.0. The van der Waals surface area contributed by atoms with E-state index in [-0.39, 0.29) is 27.4 Å². The third-order valence-corrected chi connectivity index (χ3v) is 6.32. The number of nitrogens with zero attached hydrogens (tertiary/aromatic N) is 2. The minimum absolute atomic E-state index is 0.0218. The van der Waals surface area contributed by atoms with Crippen LogP contribution in [0, 0.1) is 0 Å². The third-order valence-electron chi connectivity index (χ3n) is 4.67. The fourth-order valence-electron chi connectivity index (χ4n) is 3.07. The molecule has 0 unspecified atom stereocenters. The van der Waals surface area contributed by atoms with E-state index >= 15 is 0 Å². The lowest BCUT2D eigenvalue weighted by molar-refractivity contribution is 0.0939. The van der Waals surface area contributed by atoms with Crippen molar-refractivity contribution in [3.8, 4) is 0 Å². The lowest BCUT2D eigenvalue weighted by atomic mass is 10.1. The van der Waals surface area contributed by atoms with E-state index in [1.165, 1.54) is 6.07 Å². The second kappa shape index (κ2) is 6.96. The largest absolute Gasteiger partial charge is 0.350 e. The third kappa shape index (κ3) is 3.53. The Bertz CT molecular complexity index is 836. The number of fused-ring (bicyclic) bond motifs is 3. The van der Waals surface area contributed by atoms with Crippen LogP contribution < -0.4 is 10.2 Å². The number of carbonyl (C=O) groups excluding carboxylic acids is 1. The van der Waals surface area contributed by atoms with Gasteiger partial charge < -0.3 is 10.2 Å². The summed E-state index contributed by atoms with van der Waals surface area (Å²) < 4.78 is 29.2. The summed E-state index contributed by atoms with van der Waals surface area (Å²) in [7, 11) is -3.83. The van der Waals surface area contributed by atoms with Gasteiger partial charge in [0.05, 0.1) is 16.3 Å². The van der Waals surface area contributed by atoms with E-state index in [1.807, 2.05) is 18.7 Å². The molecule has 2 aliphatic heterocycles. The normalized spacial score (nSPS) is 20.0. The molecule has 1 aromatic carbocycles. The van der Waals surface area contributed by atoms with Crippen LogP contribution in [0.2, 0.25) is 5.02 Å². The summed E-state index contributed by atoms with van der Waals surface area (Å²) in [5, 5.41) is 3.07. The second-order valence-corrected chi connectivity index (χ2v) is 8.51. The molecule has 1 amide bonds. The highest BCUT2D eigenvalue weighted by atomic mass is 35.5. The first-order chi connectivity index (χ1) is 11.8. The lowest BCUT2D eigenvalue weighted by Gasteiger charge is -2.30. The molecule has 0 spiro atoms. The van der Waals surface area contributed by atoms with E-state index in [2.05, 4.69) is 9.71 Å². The summed E-state index contributed by atoms with van der Waals surface area (Å²) in [4.78, 5) is 14.4. The van der Waals surface area contributed by atoms with Crippen LogP contribution >= 0.6 is 11.6 Å². The van der Waals surface area contributed by atoms with E-state index in [1.54, 1.807) is 6.07 Å². The van der Waals surface area contributed by atoms with E-state index in [9.17, 15) is 13.2 Å². The van der Waals surface area contributed by atoms with Gasteiger partial charge in [-0.1, -0.05) is 24.9 Å². The van der Waals surface area contributed by atoms with Gasteiger partial charge in [-0.2, -0.15) is 8.42 Å². The van der Waals surface area contributed by atoms with Crippen molar-refractivity contribution in [1.29, 1.82) is 0 Å². The van der Waals surface area contributed by atoms with Crippen LogP contribution in [0.15, 0.2) is 21.4 Å². The minimum atomic E-state index is -3.83. The van der Waals surface area contributed by atoms with Gasteiger partial charge in [0, 0.05) is 19.0 Å². The molecule has 0 aromatic heterocycles. The highest BCUT2D eigenvalue weighted by Gasteiger charge is 2.33. The van der Waals surface area contributed by atoms with Crippen LogP contribution in [-0.2, 0) is 10.0 Å². The standard InChI is InChI=1S/C17H22ClN3O3S/c1-3-11(2)19-17(22)12-9-15-14(10-13(12)18)21-8-6-4-5-7-16(21)20-25(15,23)24/h9-11H,3-8H2,1-2H3,(H,19,22)/t11-/m0/s1. The van der Waals surface area contributed by atoms with Gasteiger partial charge in [0.15, 0.2) is 0 Å². The topological polar surface area (TPSA) is 78.8 Å². The van der Waals surface area contributed by atoms with Crippen LogP contribution in [0.1, 0.15) is 56.3 Å². The van der Waals surface area contributed by atoms with E-state index < -0.39 is 10.0 Å². The van der Waals surface area contributed by atoms with Gasteiger partial charge in [-0.25, -0.2) is 0 Å². The molecule has 3 rings (SSSR count). The quantitative estimate of drug-likeness (QED) is 0.868. The number of nitrogens with one attached hydrogen (secondary N) is 1. The van der Waals surface area contributed by atoms with Crippen LogP contribution in [0.4, 0.5) is 5.69 Å². The smallest absolute Gasteiger partial charge is 0.286 e. The molecule has 8 heteroatoms. The zero-order valence-electron chi connectivity index (χ0n) is 14.4. The monoisotopic (exact) mass is 383 g/mol. The van der Waals surface area contributed by atoms with E-state index in [4.69, 9.17) is 11.6 Å². The Morgan fingerprint density at radius 1 is 1.36 bits per heavy atom. The molecule has 1 N–H and O–H groups in total. The van der Waals surface area contributed by atoms with Gasteiger partial charge in [-0.3, -0.25) is 4.79 Å². The molecule has 1 saturated heterocycles. The molecule has 6 nitrogen and oxygen atoms in total. The molecule has 1 fully saturated rings. The minimum Gasteiger partial charge on any atom is -0.350 e. The van der Waals surface area contributed by atoms with Crippen molar-refractivity contribution in [3.63, 3.8) is 0 Å². The number of hydrogen-bond acceptors (Lipinski definition) is 4. The van der Waals surface area contributed by atoms with Crippen molar-refractivity contribution in [2.75, 3.05) is 11.4 Å². The average Bonchev–Trinajstić information content (AvgIpc) is 2.78. The first-order valence-corrected chi connectivity index (χ1v) is 10.4. The number of halogens is 1. The van der Waals surface area contributed by atoms with Gasteiger partial charge in [0.1, 0.15) is 10.7 Å². The Balaban J connectivity index is 2.07. The molecule has 2 aliphatic rings. The number of amides is 1. The van der Waals surface area contributed by atoms with Gasteiger partial charge in [0.25, 0.3) is 15.9 Å². The Hall–Kier alpha value is -1.60. The molecule has 25 heavy (non-hydrogen) atoms. The summed E-state index contributed by atoms with van der Waals surface area (Å²) in [6, 6.07) is 2.92. The Labute approximate surface area is 153 Å². The second-order valence-electron chi connectivity index (χ2n) is 6.53. The van der Waals surface area contributed by atoms with Crippen LogP contribution in [0.25, 0.3) is 0 Å². The maximum atomic E-state index is 12.6. The molecule has 0 radical (unpaired) electrons. The molecule has 0 bridgehead atoms. The molecule has 136 valence electrons. The Morgan fingerprint density at radius 2 is 2.12 bits per heavy atom. The number of hydrogen-bond donors (Lipinski definition) is 1. The van der Waals surface area contributed by atoms with Gasteiger partial charge in [-0.05, 0) is 38.3 Å². The molecule has 0 saturated carbocycles. The van der Waals surface area contributed by atoms with Crippen LogP contribution in [0.3, 0.4) is 0 Å². The molecular formula is C17H22ClN3O3S. The predicted octanol–water partition coefficient (Wildman–Crippen LogP) is 3.35. The van der Waals surface area contributed by atoms with Crippen molar-refractivity contribution < 1.29 is 13.2 Å². The Kier molecular flexibility index (Phi) is 5.06. The summed E-state index contributed by atoms with van der Waals surface area (Å²) in [5.41, 5.74) is 0.690. The van der Waals surface area contributed by atoms with Gasteiger partial charge in [-0.15, -0.1) is 4.40 Å². The van der Waals surface area contributed by atoms with Crippen LogP contribution in [-0.4, -0.2) is 32.7 Å². The number of anilines is 1. The van der Waals surface area contributed by atoms with Gasteiger partial charge in [0.2, 0.25) is 0 Å². The molecule has 2 heterocycles. The first kappa shape index (κ1) is 18.2. The van der Waals surface area contributed by atoms with Crippen LogP contribution in [0.5, 0.6) is 0 Å². The molecule has 1 atom stereocenters.